The van der Waals surface area contributed by atoms with E-state index in [1.54, 1.807) is 31.4 Å². The fourth-order valence-corrected chi connectivity index (χ4v) is 1.56. The van der Waals surface area contributed by atoms with Crippen molar-refractivity contribution < 1.29 is 19.0 Å². The lowest BCUT2D eigenvalue weighted by Gasteiger charge is -2.08. The summed E-state index contributed by atoms with van der Waals surface area (Å²) >= 11 is 4.85. The second-order valence-electron chi connectivity index (χ2n) is 4.13. The number of amides is 1. The van der Waals surface area contributed by atoms with Crippen LogP contribution in [0, 0.1) is 0 Å². The Morgan fingerprint density at radius 1 is 1.24 bits per heavy atom. The average Bonchev–Trinajstić information content (AvgIpc) is 2.49. The third kappa shape index (κ3) is 7.60. The number of rotatable bonds is 10. The molecule has 3 N–H and O–H groups in total. The zero-order valence-corrected chi connectivity index (χ0v) is 12.8. The van der Waals surface area contributed by atoms with Gasteiger partial charge in [0.1, 0.15) is 10.7 Å². The Labute approximate surface area is 129 Å². The molecule has 0 aliphatic rings. The number of thiocarbonyl (C=S) groups is 1. The summed E-state index contributed by atoms with van der Waals surface area (Å²) in [4.78, 5) is 11.8. The largest absolute Gasteiger partial charge is 0.484 e. The van der Waals surface area contributed by atoms with Gasteiger partial charge in [0.2, 0.25) is 0 Å². The van der Waals surface area contributed by atoms with Crippen molar-refractivity contribution in [2.24, 2.45) is 5.73 Å². The van der Waals surface area contributed by atoms with Crippen LogP contribution in [0.4, 0.5) is 0 Å². The summed E-state index contributed by atoms with van der Waals surface area (Å²) in [5.74, 6) is 0.380. The molecule has 0 fully saturated rings. The zero-order chi connectivity index (χ0) is 15.5. The second-order valence-corrected chi connectivity index (χ2v) is 4.57. The van der Waals surface area contributed by atoms with Crippen LogP contribution < -0.4 is 15.8 Å². The normalized spacial score (nSPS) is 10.1. The first-order valence-corrected chi connectivity index (χ1v) is 6.90. The van der Waals surface area contributed by atoms with E-state index in [2.05, 4.69) is 5.32 Å². The van der Waals surface area contributed by atoms with Gasteiger partial charge in [0, 0.05) is 19.2 Å². The summed E-state index contributed by atoms with van der Waals surface area (Å²) in [5.41, 5.74) is 6.25. The molecule has 0 unspecified atom stereocenters. The van der Waals surface area contributed by atoms with E-state index in [4.69, 9.17) is 32.2 Å². The first-order valence-electron chi connectivity index (χ1n) is 6.49. The molecule has 0 aromatic heterocycles. The Bertz CT molecular complexity index is 451. The van der Waals surface area contributed by atoms with Gasteiger partial charge in [-0.05, 0) is 24.3 Å². The van der Waals surface area contributed by atoms with Gasteiger partial charge in [-0.2, -0.15) is 0 Å². The topological polar surface area (TPSA) is 82.8 Å². The molecule has 0 spiro atoms. The van der Waals surface area contributed by atoms with Crippen molar-refractivity contribution in [3.8, 4) is 5.75 Å². The van der Waals surface area contributed by atoms with Crippen molar-refractivity contribution in [1.29, 1.82) is 0 Å². The van der Waals surface area contributed by atoms with Crippen LogP contribution in [0.5, 0.6) is 5.75 Å². The van der Waals surface area contributed by atoms with Crippen LogP contribution in [0.3, 0.4) is 0 Å². The van der Waals surface area contributed by atoms with Crippen LogP contribution in [0.15, 0.2) is 24.3 Å². The SMILES string of the molecule is COCCOCCNC(=O)COc1ccc(C(N)=S)cc1. The number of hydrogen-bond donors (Lipinski definition) is 2. The Kier molecular flexibility index (Phi) is 8.34. The van der Waals surface area contributed by atoms with Crippen molar-refractivity contribution in [2.45, 2.75) is 0 Å². The van der Waals surface area contributed by atoms with Gasteiger partial charge in [-0.1, -0.05) is 12.2 Å². The Hall–Kier alpha value is -1.70. The van der Waals surface area contributed by atoms with Crippen LogP contribution in [-0.2, 0) is 14.3 Å². The Morgan fingerprint density at radius 2 is 1.95 bits per heavy atom. The highest BCUT2D eigenvalue weighted by molar-refractivity contribution is 7.80. The van der Waals surface area contributed by atoms with Gasteiger partial charge < -0.3 is 25.3 Å². The molecule has 0 saturated carbocycles. The average molecular weight is 312 g/mol. The molecule has 0 heterocycles. The van der Waals surface area contributed by atoms with Crippen LogP contribution >= 0.6 is 12.2 Å². The highest BCUT2D eigenvalue weighted by Crippen LogP contribution is 2.11. The minimum absolute atomic E-state index is 0.0511. The number of nitrogens with one attached hydrogen (secondary N) is 1. The van der Waals surface area contributed by atoms with E-state index in [-0.39, 0.29) is 12.5 Å². The van der Waals surface area contributed by atoms with Crippen LogP contribution in [0.2, 0.25) is 0 Å². The predicted molar refractivity (Wildman–Crippen MR) is 83.5 cm³/mol. The first-order chi connectivity index (χ1) is 10.1. The second kappa shape index (κ2) is 10.1. The summed E-state index contributed by atoms with van der Waals surface area (Å²) in [6.45, 7) is 1.88. The highest BCUT2D eigenvalue weighted by atomic mass is 32.1. The van der Waals surface area contributed by atoms with E-state index in [1.165, 1.54) is 0 Å². The molecule has 1 aromatic rings. The minimum Gasteiger partial charge on any atom is -0.484 e. The third-order valence-electron chi connectivity index (χ3n) is 2.51. The van der Waals surface area contributed by atoms with Gasteiger partial charge in [0.05, 0.1) is 19.8 Å². The fraction of sp³-hybridized carbons (Fsp3) is 0.429. The van der Waals surface area contributed by atoms with Crippen molar-refractivity contribution in [3.63, 3.8) is 0 Å². The number of hydrogen-bond acceptors (Lipinski definition) is 5. The minimum atomic E-state index is -0.205. The van der Waals surface area contributed by atoms with Crippen molar-refractivity contribution >= 4 is 23.1 Å². The predicted octanol–water partition coefficient (Wildman–Crippen LogP) is 0.479. The molecule has 0 aliphatic carbocycles. The standard InChI is InChI=1S/C14H20N2O4S/c1-18-8-9-19-7-6-16-13(17)10-20-12-4-2-11(3-5-12)14(15)21/h2-5H,6-10H2,1H3,(H2,15,21)(H,16,17). The van der Waals surface area contributed by atoms with E-state index in [0.717, 1.165) is 5.56 Å². The molecule has 7 heteroatoms. The number of nitrogens with two attached hydrogens (primary N) is 1. The van der Waals surface area contributed by atoms with Crippen LogP contribution in [0.1, 0.15) is 5.56 Å². The lowest BCUT2D eigenvalue weighted by molar-refractivity contribution is -0.123. The number of carbonyl (C=O) groups excluding carboxylic acids is 1. The maximum atomic E-state index is 11.5. The summed E-state index contributed by atoms with van der Waals surface area (Å²) < 4.78 is 15.4. The molecule has 0 aliphatic heterocycles. The molecule has 0 atom stereocenters. The number of benzene rings is 1. The highest BCUT2D eigenvalue weighted by Gasteiger charge is 2.03. The summed E-state index contributed by atoms with van der Waals surface area (Å²) in [6.07, 6.45) is 0. The van der Waals surface area contributed by atoms with Gasteiger partial charge in [-0.15, -0.1) is 0 Å². The molecular formula is C14H20N2O4S. The maximum Gasteiger partial charge on any atom is 0.258 e. The lowest BCUT2D eigenvalue weighted by Crippen LogP contribution is -2.31. The summed E-state index contributed by atoms with van der Waals surface area (Å²) in [5, 5.41) is 2.69. The van der Waals surface area contributed by atoms with Crippen LogP contribution in [-0.4, -0.2) is 51.0 Å². The summed E-state index contributed by atoms with van der Waals surface area (Å²) in [6, 6.07) is 6.93. The smallest absolute Gasteiger partial charge is 0.258 e. The van der Waals surface area contributed by atoms with Gasteiger partial charge in [0.25, 0.3) is 5.91 Å². The van der Waals surface area contributed by atoms with E-state index in [9.17, 15) is 4.79 Å². The number of ether oxygens (including phenoxy) is 3. The molecule has 21 heavy (non-hydrogen) atoms. The zero-order valence-electron chi connectivity index (χ0n) is 12.0. The first kappa shape index (κ1) is 17.4. The maximum absolute atomic E-state index is 11.5. The molecular weight excluding hydrogens is 292 g/mol. The van der Waals surface area contributed by atoms with E-state index >= 15 is 0 Å². The van der Waals surface area contributed by atoms with Crippen molar-refractivity contribution in [2.75, 3.05) is 40.1 Å². The summed E-state index contributed by atoms with van der Waals surface area (Å²) in [7, 11) is 1.61. The van der Waals surface area contributed by atoms with Crippen molar-refractivity contribution in [1.82, 2.24) is 5.32 Å². The molecule has 1 amide bonds. The van der Waals surface area contributed by atoms with Gasteiger partial charge in [0.15, 0.2) is 6.61 Å². The fourth-order valence-electron chi connectivity index (χ4n) is 1.42. The molecule has 0 bridgehead atoms. The molecule has 1 rings (SSSR count). The quantitative estimate of drug-likeness (QED) is 0.483. The number of methoxy groups -OCH3 is 1. The van der Waals surface area contributed by atoms with Gasteiger partial charge in [-0.25, -0.2) is 0 Å². The number of carbonyl (C=O) groups is 1. The molecule has 0 saturated heterocycles. The van der Waals surface area contributed by atoms with Crippen LogP contribution in [0.25, 0.3) is 0 Å². The monoisotopic (exact) mass is 312 g/mol. The third-order valence-corrected chi connectivity index (χ3v) is 2.74. The molecule has 0 radical (unpaired) electrons. The van der Waals surface area contributed by atoms with Crippen molar-refractivity contribution in [3.05, 3.63) is 29.8 Å². The Balaban J connectivity index is 2.16. The lowest BCUT2D eigenvalue weighted by atomic mass is 10.2. The molecule has 116 valence electrons. The van der Waals surface area contributed by atoms with E-state index in [1.807, 2.05) is 0 Å². The van der Waals surface area contributed by atoms with E-state index in [0.29, 0.717) is 37.1 Å². The van der Waals surface area contributed by atoms with E-state index < -0.39 is 0 Å². The van der Waals surface area contributed by atoms with Gasteiger partial charge >= 0.3 is 0 Å². The Morgan fingerprint density at radius 3 is 2.57 bits per heavy atom. The molecule has 6 nitrogen and oxygen atoms in total. The molecule has 1 aromatic carbocycles. The van der Waals surface area contributed by atoms with Gasteiger partial charge in [-0.3, -0.25) is 4.79 Å².